The minimum absolute atomic E-state index is 0.0230. The molecule has 1 aliphatic carbocycles. The molecule has 31 heavy (non-hydrogen) atoms. The minimum atomic E-state index is -0.631. The van der Waals surface area contributed by atoms with Gasteiger partial charge in [-0.05, 0) is 43.5 Å². The van der Waals surface area contributed by atoms with Gasteiger partial charge in [0.1, 0.15) is 18.2 Å². The van der Waals surface area contributed by atoms with Crippen molar-refractivity contribution in [3.63, 3.8) is 0 Å². The van der Waals surface area contributed by atoms with Crippen LogP contribution in [0.1, 0.15) is 35.5 Å². The molecule has 0 spiro atoms. The largest absolute Gasteiger partial charge is 0.486 e. The Balaban J connectivity index is 1.36. The Morgan fingerprint density at radius 3 is 2.77 bits per heavy atom. The molecular formula is C22H28FN3O5. The van der Waals surface area contributed by atoms with Crippen LogP contribution in [-0.2, 0) is 11.3 Å². The topological polar surface area (TPSA) is 88.3 Å². The molecule has 2 fully saturated rings. The summed E-state index contributed by atoms with van der Waals surface area (Å²) in [5, 5.41) is 14.9. The van der Waals surface area contributed by atoms with Crippen LogP contribution in [0.15, 0.2) is 34.9 Å². The lowest BCUT2D eigenvalue weighted by atomic mass is 9.86. The van der Waals surface area contributed by atoms with E-state index in [4.69, 9.17) is 14.0 Å². The van der Waals surface area contributed by atoms with Crippen LogP contribution in [0, 0.1) is 5.82 Å². The summed E-state index contributed by atoms with van der Waals surface area (Å²) in [5.74, 6) is 0.228. The minimum Gasteiger partial charge on any atom is -0.486 e. The van der Waals surface area contributed by atoms with Gasteiger partial charge in [0, 0.05) is 32.2 Å². The average Bonchev–Trinajstić information content (AvgIpc) is 3.27. The summed E-state index contributed by atoms with van der Waals surface area (Å²) in [6, 6.07) is 6.91. The van der Waals surface area contributed by atoms with Gasteiger partial charge in [-0.3, -0.25) is 9.69 Å². The predicted octanol–water partition coefficient (Wildman–Crippen LogP) is 2.08. The Bertz CT molecular complexity index is 868. The third kappa shape index (κ3) is 5.06. The summed E-state index contributed by atoms with van der Waals surface area (Å²) in [6.45, 7) is 3.01. The number of aliphatic hydroxyl groups excluding tert-OH is 1. The van der Waals surface area contributed by atoms with Crippen molar-refractivity contribution >= 4 is 5.91 Å². The van der Waals surface area contributed by atoms with Crippen LogP contribution in [-0.4, -0.2) is 77.5 Å². The number of aromatic nitrogens is 1. The molecule has 1 saturated carbocycles. The molecule has 2 heterocycles. The highest BCUT2D eigenvalue weighted by molar-refractivity contribution is 5.92. The molecule has 1 aliphatic heterocycles. The molecule has 168 valence electrons. The first-order valence-corrected chi connectivity index (χ1v) is 10.6. The number of halogens is 1. The van der Waals surface area contributed by atoms with E-state index in [0.29, 0.717) is 24.7 Å². The molecule has 1 saturated heterocycles. The Morgan fingerprint density at radius 2 is 2.03 bits per heavy atom. The maximum atomic E-state index is 13.0. The van der Waals surface area contributed by atoms with Gasteiger partial charge in [-0.2, -0.15) is 0 Å². The lowest BCUT2D eigenvalue weighted by Gasteiger charge is -2.45. The van der Waals surface area contributed by atoms with Crippen LogP contribution in [0.2, 0.25) is 0 Å². The number of ether oxygens (including phenoxy) is 2. The number of carbonyl (C=O) groups excluding carboxylic acids is 1. The lowest BCUT2D eigenvalue weighted by molar-refractivity contribution is -0.0614. The molecule has 0 radical (unpaired) electrons. The molecule has 4 rings (SSSR count). The molecule has 1 aromatic heterocycles. The Hall–Kier alpha value is -2.49. The zero-order valence-corrected chi connectivity index (χ0v) is 17.6. The molecule has 1 amide bonds. The fraction of sp³-hybridized carbons (Fsp3) is 0.545. The molecule has 2 aromatic rings. The maximum Gasteiger partial charge on any atom is 0.276 e. The van der Waals surface area contributed by atoms with Crippen LogP contribution in [0.4, 0.5) is 4.39 Å². The predicted molar refractivity (Wildman–Crippen MR) is 109 cm³/mol. The first-order valence-electron chi connectivity index (χ1n) is 10.6. The number of hydrogen-bond acceptors (Lipinski definition) is 7. The van der Waals surface area contributed by atoms with E-state index in [-0.39, 0.29) is 36.1 Å². The zero-order valence-electron chi connectivity index (χ0n) is 17.6. The summed E-state index contributed by atoms with van der Waals surface area (Å²) in [4.78, 5) is 16.8. The van der Waals surface area contributed by atoms with Crippen LogP contribution in [0.3, 0.4) is 0 Å². The smallest absolute Gasteiger partial charge is 0.276 e. The van der Waals surface area contributed by atoms with E-state index in [1.807, 2.05) is 0 Å². The molecular weight excluding hydrogens is 405 g/mol. The molecule has 8 nitrogen and oxygen atoms in total. The highest BCUT2D eigenvalue weighted by atomic mass is 19.1. The van der Waals surface area contributed by atoms with E-state index in [1.54, 1.807) is 11.9 Å². The summed E-state index contributed by atoms with van der Waals surface area (Å²) < 4.78 is 29.2. The average molecular weight is 433 g/mol. The zero-order chi connectivity index (χ0) is 21.8. The van der Waals surface area contributed by atoms with Gasteiger partial charge in [0.2, 0.25) is 0 Å². The van der Waals surface area contributed by atoms with Crippen molar-refractivity contribution in [3.05, 3.63) is 47.6 Å². The van der Waals surface area contributed by atoms with E-state index in [2.05, 4.69) is 10.1 Å². The summed E-state index contributed by atoms with van der Waals surface area (Å²) in [7, 11) is 1.70. The molecule has 1 aromatic carbocycles. The summed E-state index contributed by atoms with van der Waals surface area (Å²) in [6.07, 6.45) is 1.96. The van der Waals surface area contributed by atoms with Crippen molar-refractivity contribution in [2.24, 2.45) is 0 Å². The highest BCUT2D eigenvalue weighted by Crippen LogP contribution is 2.28. The number of rotatable bonds is 6. The van der Waals surface area contributed by atoms with Gasteiger partial charge in [0.05, 0.1) is 25.4 Å². The Kier molecular flexibility index (Phi) is 6.84. The van der Waals surface area contributed by atoms with Gasteiger partial charge in [-0.15, -0.1) is 0 Å². The van der Waals surface area contributed by atoms with Crippen molar-refractivity contribution in [2.75, 3.05) is 33.4 Å². The van der Waals surface area contributed by atoms with Gasteiger partial charge < -0.3 is 24.0 Å². The standard InChI is InChI=1S/C22H28FN3O5/c1-25(19-3-2-4-20(21(19)27)26-9-11-29-12-10-26)22(28)18-13-17(31-24-18)14-30-16-7-5-15(23)6-8-16/h5-8,13,19-21,27H,2-4,9-12,14H2,1H3/t19-,20-,21-/m1/s1. The molecule has 1 N–H and O–H groups in total. The van der Waals surface area contributed by atoms with E-state index in [1.165, 1.54) is 30.3 Å². The fourth-order valence-corrected chi connectivity index (χ4v) is 4.36. The second-order valence-corrected chi connectivity index (χ2v) is 8.04. The number of likely N-dealkylation sites (N-methyl/N-ethyl adjacent to an activating group) is 1. The highest BCUT2D eigenvalue weighted by Gasteiger charge is 2.39. The summed E-state index contributed by atoms with van der Waals surface area (Å²) >= 11 is 0. The molecule has 3 atom stereocenters. The van der Waals surface area contributed by atoms with Crippen molar-refractivity contribution < 1.29 is 28.3 Å². The SMILES string of the molecule is CN(C(=O)c1cc(COc2ccc(F)cc2)on1)[C@@H]1CCC[C@@H](N2CCOCC2)[C@@H]1O. The number of aliphatic hydroxyl groups is 1. The quantitative estimate of drug-likeness (QED) is 0.746. The number of carbonyl (C=O) groups is 1. The fourth-order valence-electron chi connectivity index (χ4n) is 4.36. The van der Waals surface area contributed by atoms with Crippen LogP contribution >= 0.6 is 0 Å². The van der Waals surface area contributed by atoms with E-state index in [0.717, 1.165) is 32.4 Å². The second kappa shape index (κ2) is 9.76. The number of nitrogens with zero attached hydrogens (tertiary/aromatic N) is 3. The van der Waals surface area contributed by atoms with E-state index >= 15 is 0 Å². The Morgan fingerprint density at radius 1 is 1.29 bits per heavy atom. The monoisotopic (exact) mass is 433 g/mol. The number of amides is 1. The van der Waals surface area contributed by atoms with Crippen molar-refractivity contribution in [1.82, 2.24) is 15.0 Å². The van der Waals surface area contributed by atoms with E-state index in [9.17, 15) is 14.3 Å². The number of morpholine rings is 1. The third-order valence-corrected chi connectivity index (χ3v) is 6.09. The van der Waals surface area contributed by atoms with Crippen LogP contribution in [0.5, 0.6) is 5.75 Å². The van der Waals surface area contributed by atoms with Gasteiger partial charge in [0.25, 0.3) is 5.91 Å². The molecule has 2 aliphatic rings. The third-order valence-electron chi connectivity index (χ3n) is 6.09. The molecule has 0 bridgehead atoms. The summed E-state index contributed by atoms with van der Waals surface area (Å²) in [5.41, 5.74) is 0.168. The second-order valence-electron chi connectivity index (χ2n) is 8.04. The lowest BCUT2D eigenvalue weighted by Crippen LogP contribution is -2.58. The number of benzene rings is 1. The maximum absolute atomic E-state index is 13.0. The van der Waals surface area contributed by atoms with Crippen molar-refractivity contribution in [2.45, 2.75) is 44.1 Å². The van der Waals surface area contributed by atoms with Crippen molar-refractivity contribution in [3.8, 4) is 5.75 Å². The number of hydrogen-bond donors (Lipinski definition) is 1. The molecule has 0 unspecified atom stereocenters. The first-order chi connectivity index (χ1) is 15.0. The van der Waals surface area contributed by atoms with Crippen molar-refractivity contribution in [1.29, 1.82) is 0 Å². The molecule has 9 heteroatoms. The van der Waals surface area contributed by atoms with Gasteiger partial charge in [0.15, 0.2) is 11.5 Å². The van der Waals surface area contributed by atoms with Crippen LogP contribution in [0.25, 0.3) is 0 Å². The first kappa shape index (κ1) is 21.7. The van der Waals surface area contributed by atoms with E-state index < -0.39 is 6.10 Å². The normalized spacial score (nSPS) is 24.7. The van der Waals surface area contributed by atoms with Gasteiger partial charge in [-0.25, -0.2) is 4.39 Å². The van der Waals surface area contributed by atoms with Crippen LogP contribution < -0.4 is 4.74 Å². The Labute approximate surface area is 180 Å². The van der Waals surface area contributed by atoms with Gasteiger partial charge >= 0.3 is 0 Å². The van der Waals surface area contributed by atoms with Gasteiger partial charge in [-0.1, -0.05) is 5.16 Å².